The number of aryl methyl sites for hydroxylation is 1. The van der Waals surface area contributed by atoms with E-state index >= 15 is 0 Å². The van der Waals surface area contributed by atoms with Crippen molar-refractivity contribution in [3.63, 3.8) is 0 Å². The van der Waals surface area contributed by atoms with Gasteiger partial charge in [-0.05, 0) is 24.6 Å². The molecule has 0 unspecified atom stereocenters. The number of nitrogens with two attached hydrogens (primary N) is 1. The number of nitrogen functional groups attached to an aromatic ring is 1. The Hall–Kier alpha value is -1.26. The van der Waals surface area contributed by atoms with Crippen molar-refractivity contribution in [2.75, 3.05) is 5.43 Å². The number of rotatable bonds is 1. The quantitative estimate of drug-likeness (QED) is 0.543. The molecule has 1 aromatic carbocycles. The molecule has 5 heteroatoms. The van der Waals surface area contributed by atoms with Gasteiger partial charge < -0.3 is 4.42 Å². The van der Waals surface area contributed by atoms with Crippen molar-refractivity contribution >= 4 is 28.7 Å². The van der Waals surface area contributed by atoms with Gasteiger partial charge in [-0.2, -0.15) is 4.98 Å². The van der Waals surface area contributed by atoms with Gasteiger partial charge in [0.25, 0.3) is 0 Å². The smallest absolute Gasteiger partial charge is 0.310 e. The largest absolute Gasteiger partial charge is 0.422 e. The fourth-order valence-corrected chi connectivity index (χ4v) is 1.49. The number of hydrazine groups is 1. The molecular weight excluding hydrogens is 190 g/mol. The summed E-state index contributed by atoms with van der Waals surface area (Å²) in [6, 6.07) is 3.84. The van der Waals surface area contributed by atoms with E-state index in [0.717, 1.165) is 5.56 Å². The van der Waals surface area contributed by atoms with E-state index in [2.05, 4.69) is 10.4 Å². The molecule has 0 atom stereocenters. The average Bonchev–Trinajstić information content (AvgIpc) is 2.47. The molecule has 4 nitrogen and oxygen atoms in total. The molecule has 0 radical (unpaired) electrons. The normalized spacial score (nSPS) is 10.7. The van der Waals surface area contributed by atoms with Crippen molar-refractivity contribution < 1.29 is 4.42 Å². The van der Waals surface area contributed by atoms with Crippen LogP contribution in [0.1, 0.15) is 5.56 Å². The molecule has 0 aliphatic carbocycles. The Morgan fingerprint density at radius 1 is 1.54 bits per heavy atom. The molecule has 0 saturated heterocycles. The number of anilines is 1. The number of benzene rings is 1. The summed E-state index contributed by atoms with van der Waals surface area (Å²) in [6.07, 6.45) is 0. The Morgan fingerprint density at radius 2 is 2.31 bits per heavy atom. The van der Waals surface area contributed by atoms with Gasteiger partial charge >= 0.3 is 6.01 Å². The molecule has 0 amide bonds. The number of nitrogens with one attached hydrogen (secondary N) is 1. The molecule has 0 saturated carbocycles. The number of aromatic nitrogens is 1. The van der Waals surface area contributed by atoms with Gasteiger partial charge in [0, 0.05) is 5.02 Å². The predicted octanol–water partition coefficient (Wildman–Crippen LogP) is 2.08. The minimum Gasteiger partial charge on any atom is -0.422 e. The highest BCUT2D eigenvalue weighted by Gasteiger charge is 2.07. The van der Waals surface area contributed by atoms with Crippen LogP contribution in [0.5, 0.6) is 0 Å². The Kier molecular flexibility index (Phi) is 1.86. The van der Waals surface area contributed by atoms with Crippen molar-refractivity contribution in [1.82, 2.24) is 4.98 Å². The van der Waals surface area contributed by atoms with Gasteiger partial charge in [-0.1, -0.05) is 11.6 Å². The standard InChI is InChI=1S/C8H8ClN3O/c1-4-2-5(9)3-6-7(4)13-8(11-6)12-10/h2-3H,10H2,1H3,(H,11,12). The number of hydrogen-bond donors (Lipinski definition) is 2. The van der Waals surface area contributed by atoms with Crippen molar-refractivity contribution in [3.8, 4) is 0 Å². The molecule has 2 rings (SSSR count). The molecule has 0 bridgehead atoms. The second-order valence-electron chi connectivity index (χ2n) is 2.73. The van der Waals surface area contributed by atoms with E-state index in [1.165, 1.54) is 0 Å². The van der Waals surface area contributed by atoms with Crippen molar-refractivity contribution in [2.45, 2.75) is 6.92 Å². The molecule has 2 aromatic rings. The second kappa shape index (κ2) is 2.90. The lowest BCUT2D eigenvalue weighted by Crippen LogP contribution is -2.06. The number of halogens is 1. The zero-order valence-electron chi connectivity index (χ0n) is 6.97. The first-order valence-corrected chi connectivity index (χ1v) is 4.12. The highest BCUT2D eigenvalue weighted by Crippen LogP contribution is 2.25. The monoisotopic (exact) mass is 197 g/mol. The van der Waals surface area contributed by atoms with Crippen LogP contribution >= 0.6 is 11.6 Å². The summed E-state index contributed by atoms with van der Waals surface area (Å²) in [7, 11) is 0. The maximum Gasteiger partial charge on any atom is 0.310 e. The zero-order valence-corrected chi connectivity index (χ0v) is 7.72. The molecule has 0 aliphatic heterocycles. The minimum atomic E-state index is 0.292. The van der Waals surface area contributed by atoms with Crippen LogP contribution in [0, 0.1) is 6.92 Å². The van der Waals surface area contributed by atoms with Crippen molar-refractivity contribution in [3.05, 3.63) is 22.7 Å². The van der Waals surface area contributed by atoms with Gasteiger partial charge in [0.1, 0.15) is 5.52 Å². The fraction of sp³-hybridized carbons (Fsp3) is 0.125. The predicted molar refractivity (Wildman–Crippen MR) is 51.6 cm³/mol. The maximum atomic E-state index is 5.84. The number of oxazole rings is 1. The van der Waals surface area contributed by atoms with Crippen molar-refractivity contribution in [1.29, 1.82) is 0 Å². The molecule has 13 heavy (non-hydrogen) atoms. The van der Waals surface area contributed by atoms with E-state index in [4.69, 9.17) is 21.9 Å². The molecule has 0 spiro atoms. The van der Waals surface area contributed by atoms with Gasteiger partial charge in [0.2, 0.25) is 0 Å². The van der Waals surface area contributed by atoms with E-state index < -0.39 is 0 Å². The van der Waals surface area contributed by atoms with Crippen LogP contribution in [0.3, 0.4) is 0 Å². The van der Waals surface area contributed by atoms with Crippen LogP contribution in [0.2, 0.25) is 5.02 Å². The first-order chi connectivity index (χ1) is 6.20. The van der Waals surface area contributed by atoms with Gasteiger partial charge in [0.15, 0.2) is 5.58 Å². The zero-order chi connectivity index (χ0) is 9.42. The van der Waals surface area contributed by atoms with Gasteiger partial charge in [-0.15, -0.1) is 0 Å². The Balaban J connectivity index is 2.75. The van der Waals surface area contributed by atoms with Crippen molar-refractivity contribution in [2.24, 2.45) is 5.84 Å². The van der Waals surface area contributed by atoms with Gasteiger partial charge in [-0.25, -0.2) is 5.84 Å². The van der Waals surface area contributed by atoms with E-state index in [-0.39, 0.29) is 0 Å². The number of nitrogens with zero attached hydrogens (tertiary/aromatic N) is 1. The molecule has 0 aliphatic rings. The molecule has 1 aromatic heterocycles. The third-order valence-electron chi connectivity index (χ3n) is 1.76. The molecule has 68 valence electrons. The molecule has 3 N–H and O–H groups in total. The molecular formula is C8H8ClN3O. The summed E-state index contributed by atoms with van der Waals surface area (Å²) >= 11 is 5.84. The molecule has 0 fully saturated rings. The van der Waals surface area contributed by atoms with Gasteiger partial charge in [0.05, 0.1) is 0 Å². The third-order valence-corrected chi connectivity index (χ3v) is 1.98. The highest BCUT2D eigenvalue weighted by atomic mass is 35.5. The maximum absolute atomic E-state index is 5.84. The lowest BCUT2D eigenvalue weighted by atomic mass is 10.2. The summed E-state index contributed by atoms with van der Waals surface area (Å²) < 4.78 is 5.30. The first kappa shape index (κ1) is 8.34. The number of hydrogen-bond acceptors (Lipinski definition) is 4. The first-order valence-electron chi connectivity index (χ1n) is 3.74. The van der Waals surface area contributed by atoms with Crippen LogP contribution in [0.15, 0.2) is 16.5 Å². The summed E-state index contributed by atoms with van der Waals surface area (Å²) in [5, 5.41) is 0.641. The van der Waals surface area contributed by atoms with E-state index in [1.54, 1.807) is 6.07 Å². The second-order valence-corrected chi connectivity index (χ2v) is 3.17. The topological polar surface area (TPSA) is 64.1 Å². The van der Waals surface area contributed by atoms with E-state index in [0.29, 0.717) is 22.1 Å². The molecule has 1 heterocycles. The average molecular weight is 198 g/mol. The Labute approximate surface area is 79.7 Å². The minimum absolute atomic E-state index is 0.292. The van der Waals surface area contributed by atoms with Crippen LogP contribution in [0.25, 0.3) is 11.1 Å². The fourth-order valence-electron chi connectivity index (χ4n) is 1.22. The van der Waals surface area contributed by atoms with Crippen LogP contribution in [-0.4, -0.2) is 4.98 Å². The highest BCUT2D eigenvalue weighted by molar-refractivity contribution is 6.31. The third kappa shape index (κ3) is 1.34. The number of fused-ring (bicyclic) bond motifs is 1. The van der Waals surface area contributed by atoms with E-state index in [1.807, 2.05) is 13.0 Å². The summed E-state index contributed by atoms with van der Waals surface area (Å²) in [6.45, 7) is 1.90. The van der Waals surface area contributed by atoms with E-state index in [9.17, 15) is 0 Å². The van der Waals surface area contributed by atoms with Gasteiger partial charge in [-0.3, -0.25) is 5.43 Å². The Morgan fingerprint density at radius 3 is 3.00 bits per heavy atom. The lowest BCUT2D eigenvalue weighted by Gasteiger charge is -1.93. The lowest BCUT2D eigenvalue weighted by molar-refractivity contribution is 0.614. The summed E-state index contributed by atoms with van der Waals surface area (Å²) in [4.78, 5) is 4.07. The summed E-state index contributed by atoms with van der Waals surface area (Å²) in [5.41, 5.74) is 4.70. The SMILES string of the molecule is Cc1cc(Cl)cc2nc(NN)oc12. The van der Waals surface area contributed by atoms with Crippen LogP contribution in [-0.2, 0) is 0 Å². The Bertz CT molecular complexity index is 452. The summed E-state index contributed by atoms with van der Waals surface area (Å²) in [5.74, 6) is 5.16. The van der Waals surface area contributed by atoms with Crippen LogP contribution < -0.4 is 11.3 Å². The van der Waals surface area contributed by atoms with Crippen LogP contribution in [0.4, 0.5) is 6.01 Å².